The third-order valence-electron chi connectivity index (χ3n) is 2.42. The van der Waals surface area contributed by atoms with E-state index in [2.05, 4.69) is 16.9 Å². The summed E-state index contributed by atoms with van der Waals surface area (Å²) in [5.74, 6) is 0.595. The van der Waals surface area contributed by atoms with Crippen molar-refractivity contribution in [1.29, 1.82) is 0 Å². The summed E-state index contributed by atoms with van der Waals surface area (Å²) in [6.45, 7) is 2.06. The van der Waals surface area contributed by atoms with Gasteiger partial charge in [-0.05, 0) is 30.7 Å². The standard InChI is InChI=1S/C13H13ClN2O/c1-2-3-11-8-12(17)16-13(15-11)9-4-6-10(14)7-5-9/h4-8H,2-3H2,1H3,(H,15,16,17). The molecule has 0 bridgehead atoms. The van der Waals surface area contributed by atoms with E-state index >= 15 is 0 Å². The van der Waals surface area contributed by atoms with Gasteiger partial charge in [0, 0.05) is 22.3 Å². The van der Waals surface area contributed by atoms with Crippen LogP contribution in [0.4, 0.5) is 0 Å². The van der Waals surface area contributed by atoms with Crippen LogP contribution < -0.4 is 5.56 Å². The Morgan fingerprint density at radius 3 is 2.65 bits per heavy atom. The van der Waals surface area contributed by atoms with Gasteiger partial charge in [0.2, 0.25) is 0 Å². The summed E-state index contributed by atoms with van der Waals surface area (Å²) in [7, 11) is 0. The van der Waals surface area contributed by atoms with E-state index in [-0.39, 0.29) is 5.56 Å². The molecule has 1 aromatic carbocycles. The Morgan fingerprint density at radius 2 is 2.00 bits per heavy atom. The van der Waals surface area contributed by atoms with Crippen molar-refractivity contribution in [3.05, 3.63) is 51.4 Å². The lowest BCUT2D eigenvalue weighted by Crippen LogP contribution is -2.10. The highest BCUT2D eigenvalue weighted by atomic mass is 35.5. The number of hydrogen-bond acceptors (Lipinski definition) is 2. The van der Waals surface area contributed by atoms with Gasteiger partial charge in [-0.1, -0.05) is 24.9 Å². The fourth-order valence-electron chi connectivity index (χ4n) is 1.64. The normalized spacial score (nSPS) is 10.5. The fraction of sp³-hybridized carbons (Fsp3) is 0.231. The number of aromatic nitrogens is 2. The van der Waals surface area contributed by atoms with E-state index in [0.29, 0.717) is 10.8 Å². The van der Waals surface area contributed by atoms with Crippen LogP contribution >= 0.6 is 11.6 Å². The smallest absolute Gasteiger partial charge is 0.251 e. The van der Waals surface area contributed by atoms with Crippen molar-refractivity contribution in [2.45, 2.75) is 19.8 Å². The summed E-state index contributed by atoms with van der Waals surface area (Å²) in [4.78, 5) is 18.7. The Bertz CT molecular complexity index is 560. The predicted octanol–water partition coefficient (Wildman–Crippen LogP) is 3.04. The molecule has 0 fully saturated rings. The lowest BCUT2D eigenvalue weighted by atomic mass is 10.2. The minimum Gasteiger partial charge on any atom is -0.307 e. The van der Waals surface area contributed by atoms with E-state index < -0.39 is 0 Å². The number of H-pyrrole nitrogens is 1. The molecule has 1 N–H and O–H groups in total. The fourth-order valence-corrected chi connectivity index (χ4v) is 1.76. The maximum absolute atomic E-state index is 11.5. The number of rotatable bonds is 3. The summed E-state index contributed by atoms with van der Waals surface area (Å²) in [5.41, 5.74) is 1.57. The van der Waals surface area contributed by atoms with Crippen molar-refractivity contribution in [2.24, 2.45) is 0 Å². The molecule has 2 aromatic rings. The molecule has 0 aliphatic heterocycles. The lowest BCUT2D eigenvalue weighted by Gasteiger charge is -2.03. The molecule has 1 aromatic heterocycles. The number of benzene rings is 1. The Morgan fingerprint density at radius 1 is 1.29 bits per heavy atom. The van der Waals surface area contributed by atoms with Gasteiger partial charge in [-0.15, -0.1) is 0 Å². The molecular weight excluding hydrogens is 236 g/mol. The lowest BCUT2D eigenvalue weighted by molar-refractivity contribution is 0.870. The highest BCUT2D eigenvalue weighted by molar-refractivity contribution is 6.30. The number of halogens is 1. The van der Waals surface area contributed by atoms with Crippen LogP contribution in [0.25, 0.3) is 11.4 Å². The third-order valence-corrected chi connectivity index (χ3v) is 2.67. The molecule has 0 unspecified atom stereocenters. The zero-order chi connectivity index (χ0) is 12.3. The Balaban J connectivity index is 2.44. The number of aryl methyl sites for hydroxylation is 1. The molecule has 17 heavy (non-hydrogen) atoms. The first-order valence-electron chi connectivity index (χ1n) is 5.55. The van der Waals surface area contributed by atoms with E-state index in [1.165, 1.54) is 0 Å². The van der Waals surface area contributed by atoms with Gasteiger partial charge in [0.25, 0.3) is 5.56 Å². The van der Waals surface area contributed by atoms with Crippen LogP contribution in [-0.2, 0) is 6.42 Å². The van der Waals surface area contributed by atoms with Gasteiger partial charge in [-0.2, -0.15) is 0 Å². The zero-order valence-corrected chi connectivity index (χ0v) is 10.3. The molecule has 0 aliphatic carbocycles. The second-order valence-corrected chi connectivity index (χ2v) is 4.28. The van der Waals surface area contributed by atoms with Crippen LogP contribution in [-0.4, -0.2) is 9.97 Å². The number of nitrogens with one attached hydrogen (secondary N) is 1. The first-order valence-corrected chi connectivity index (χ1v) is 5.93. The molecule has 0 spiro atoms. The molecule has 0 atom stereocenters. The van der Waals surface area contributed by atoms with Crippen LogP contribution in [0.15, 0.2) is 35.1 Å². The van der Waals surface area contributed by atoms with E-state index in [9.17, 15) is 4.79 Å². The number of hydrogen-bond donors (Lipinski definition) is 1. The summed E-state index contributed by atoms with van der Waals surface area (Å²) in [6, 6.07) is 8.79. The summed E-state index contributed by atoms with van der Waals surface area (Å²) >= 11 is 5.82. The molecule has 2 rings (SSSR count). The van der Waals surface area contributed by atoms with Crippen molar-refractivity contribution < 1.29 is 0 Å². The quantitative estimate of drug-likeness (QED) is 0.908. The van der Waals surface area contributed by atoms with Gasteiger partial charge < -0.3 is 4.98 Å². The van der Waals surface area contributed by atoms with E-state index in [1.807, 2.05) is 12.1 Å². The van der Waals surface area contributed by atoms with Gasteiger partial charge in [-0.3, -0.25) is 4.79 Å². The van der Waals surface area contributed by atoms with E-state index in [0.717, 1.165) is 24.1 Å². The van der Waals surface area contributed by atoms with Gasteiger partial charge in [0.15, 0.2) is 0 Å². The molecule has 0 aliphatic rings. The second-order valence-electron chi connectivity index (χ2n) is 3.84. The third kappa shape index (κ3) is 2.94. The van der Waals surface area contributed by atoms with Gasteiger partial charge in [0.05, 0.1) is 0 Å². The molecular formula is C13H13ClN2O. The minimum absolute atomic E-state index is 0.117. The molecule has 0 saturated carbocycles. The van der Waals surface area contributed by atoms with Crippen LogP contribution in [0.5, 0.6) is 0 Å². The summed E-state index contributed by atoms with van der Waals surface area (Å²) < 4.78 is 0. The highest BCUT2D eigenvalue weighted by Gasteiger charge is 2.03. The van der Waals surface area contributed by atoms with Crippen molar-refractivity contribution in [3.63, 3.8) is 0 Å². The first-order chi connectivity index (χ1) is 8.19. The largest absolute Gasteiger partial charge is 0.307 e. The van der Waals surface area contributed by atoms with Gasteiger partial charge in [-0.25, -0.2) is 4.98 Å². The maximum atomic E-state index is 11.5. The second kappa shape index (κ2) is 5.15. The Hall–Kier alpha value is -1.61. The van der Waals surface area contributed by atoms with Crippen molar-refractivity contribution in [1.82, 2.24) is 9.97 Å². The predicted molar refractivity (Wildman–Crippen MR) is 69.3 cm³/mol. The average molecular weight is 249 g/mol. The Labute approximate surface area is 104 Å². The van der Waals surface area contributed by atoms with Gasteiger partial charge >= 0.3 is 0 Å². The average Bonchev–Trinajstić information content (AvgIpc) is 2.29. The molecule has 88 valence electrons. The topological polar surface area (TPSA) is 45.8 Å². The number of aromatic amines is 1. The maximum Gasteiger partial charge on any atom is 0.251 e. The molecule has 0 amide bonds. The number of nitrogens with zero attached hydrogens (tertiary/aromatic N) is 1. The Kier molecular flexibility index (Phi) is 3.59. The summed E-state index contributed by atoms with van der Waals surface area (Å²) in [6.07, 6.45) is 1.78. The minimum atomic E-state index is -0.117. The highest BCUT2D eigenvalue weighted by Crippen LogP contribution is 2.17. The van der Waals surface area contributed by atoms with Crippen molar-refractivity contribution >= 4 is 11.6 Å². The van der Waals surface area contributed by atoms with Crippen LogP contribution in [0.2, 0.25) is 5.02 Å². The SMILES string of the molecule is CCCc1cc(=O)[nH]c(-c2ccc(Cl)cc2)n1. The molecule has 0 radical (unpaired) electrons. The molecule has 0 saturated heterocycles. The van der Waals surface area contributed by atoms with Crippen LogP contribution in [0, 0.1) is 0 Å². The van der Waals surface area contributed by atoms with Gasteiger partial charge in [0.1, 0.15) is 5.82 Å². The zero-order valence-electron chi connectivity index (χ0n) is 9.53. The van der Waals surface area contributed by atoms with Crippen LogP contribution in [0.1, 0.15) is 19.0 Å². The molecule has 1 heterocycles. The first kappa shape index (κ1) is 11.9. The van der Waals surface area contributed by atoms with Crippen molar-refractivity contribution in [3.8, 4) is 11.4 Å². The van der Waals surface area contributed by atoms with E-state index in [1.54, 1.807) is 18.2 Å². The molecule has 3 nitrogen and oxygen atoms in total. The monoisotopic (exact) mass is 248 g/mol. The van der Waals surface area contributed by atoms with Crippen LogP contribution in [0.3, 0.4) is 0 Å². The van der Waals surface area contributed by atoms with E-state index in [4.69, 9.17) is 11.6 Å². The summed E-state index contributed by atoms with van der Waals surface area (Å²) in [5, 5.41) is 0.667. The molecule has 4 heteroatoms. The van der Waals surface area contributed by atoms with Crippen molar-refractivity contribution in [2.75, 3.05) is 0 Å².